The van der Waals surface area contributed by atoms with Gasteiger partial charge in [-0.1, -0.05) is 36.4 Å². The number of carbonyl (C=O) groups is 1. The largest absolute Gasteiger partial charge is 0.458 e. The van der Waals surface area contributed by atoms with E-state index in [0.717, 1.165) is 16.5 Å². The van der Waals surface area contributed by atoms with E-state index in [4.69, 9.17) is 4.74 Å². The Morgan fingerprint density at radius 3 is 2.65 bits per heavy atom. The van der Waals surface area contributed by atoms with Crippen LogP contribution in [0.15, 0.2) is 53.9 Å². The number of ether oxygens (including phenoxy) is 1. The fraction of sp³-hybridized carbons (Fsp3) is 0.188. The van der Waals surface area contributed by atoms with E-state index in [-0.39, 0.29) is 6.61 Å². The summed E-state index contributed by atoms with van der Waals surface area (Å²) >= 11 is 1.38. The molecule has 1 N–H and O–H groups in total. The van der Waals surface area contributed by atoms with Crippen LogP contribution in [0.25, 0.3) is 6.08 Å². The molecule has 1 aromatic carbocycles. The normalized spacial score (nSPS) is 13.6. The summed E-state index contributed by atoms with van der Waals surface area (Å²) in [6, 6.07) is 12.4. The minimum Gasteiger partial charge on any atom is -0.458 e. The minimum absolute atomic E-state index is 0.0630. The molecule has 0 aliphatic carbocycles. The molecule has 1 atom stereocenters. The van der Waals surface area contributed by atoms with Crippen molar-refractivity contribution in [1.29, 1.82) is 0 Å². The zero-order valence-corrected chi connectivity index (χ0v) is 12.9. The lowest BCUT2D eigenvalue weighted by Crippen LogP contribution is -2.44. The third-order valence-electron chi connectivity index (χ3n) is 3.00. The van der Waals surface area contributed by atoms with Gasteiger partial charge in [0.15, 0.2) is 0 Å². The number of esters is 1. The van der Waals surface area contributed by atoms with Crippen molar-refractivity contribution in [2.24, 2.45) is 0 Å². The Kier molecular flexibility index (Phi) is 5.61. The topological polar surface area (TPSA) is 89.7 Å². The molecule has 2 rings (SSSR count). The molecule has 0 radical (unpaired) electrons. The number of benzene rings is 1. The van der Waals surface area contributed by atoms with Gasteiger partial charge in [0.05, 0.1) is 0 Å². The number of hydrogen-bond acceptors (Lipinski definition) is 6. The number of rotatable bonds is 7. The molecule has 0 unspecified atom stereocenters. The molecule has 0 saturated carbocycles. The first-order chi connectivity index (χ1) is 11.0. The number of nitro groups is 1. The minimum atomic E-state index is -2.30. The second-order valence-electron chi connectivity index (χ2n) is 4.83. The monoisotopic (exact) mass is 333 g/mol. The van der Waals surface area contributed by atoms with Crippen molar-refractivity contribution < 1.29 is 19.6 Å². The van der Waals surface area contributed by atoms with Crippen LogP contribution in [0, 0.1) is 10.1 Å². The number of thiophene rings is 1. The third-order valence-corrected chi connectivity index (χ3v) is 3.84. The summed E-state index contributed by atoms with van der Waals surface area (Å²) in [4.78, 5) is 22.9. The summed E-state index contributed by atoms with van der Waals surface area (Å²) in [7, 11) is 0. The lowest BCUT2D eigenvalue weighted by molar-refractivity contribution is -0.494. The van der Waals surface area contributed by atoms with Crippen LogP contribution in [0.2, 0.25) is 0 Å². The van der Waals surface area contributed by atoms with Gasteiger partial charge in [0.1, 0.15) is 6.61 Å². The second-order valence-corrected chi connectivity index (χ2v) is 5.80. The smallest absolute Gasteiger partial charge is 0.349 e. The van der Waals surface area contributed by atoms with Gasteiger partial charge >= 0.3 is 5.97 Å². The summed E-state index contributed by atoms with van der Waals surface area (Å²) in [6.45, 7) is -1.02. The first-order valence-electron chi connectivity index (χ1n) is 6.78. The Labute approximate surface area is 136 Å². The van der Waals surface area contributed by atoms with Crippen molar-refractivity contribution >= 4 is 23.4 Å². The van der Waals surface area contributed by atoms with E-state index in [0.29, 0.717) is 0 Å². The summed E-state index contributed by atoms with van der Waals surface area (Å²) in [5, 5.41) is 22.9. The Morgan fingerprint density at radius 1 is 1.30 bits per heavy atom. The van der Waals surface area contributed by atoms with Gasteiger partial charge in [0.2, 0.25) is 12.1 Å². The van der Waals surface area contributed by atoms with Gasteiger partial charge in [0, 0.05) is 9.80 Å². The van der Waals surface area contributed by atoms with Crippen molar-refractivity contribution in [3.05, 3.63) is 74.5 Å². The van der Waals surface area contributed by atoms with Gasteiger partial charge in [0.25, 0.3) is 0 Å². The van der Waals surface area contributed by atoms with Crippen LogP contribution in [0.3, 0.4) is 0 Å². The molecule has 6 nitrogen and oxygen atoms in total. The highest BCUT2D eigenvalue weighted by Crippen LogP contribution is 2.17. The Bertz CT molecular complexity index is 684. The molecule has 0 amide bonds. The lowest BCUT2D eigenvalue weighted by Gasteiger charge is -2.18. The summed E-state index contributed by atoms with van der Waals surface area (Å²) in [5.41, 5.74) is -1.58. The van der Waals surface area contributed by atoms with Crippen LogP contribution < -0.4 is 0 Å². The highest BCUT2D eigenvalue weighted by Gasteiger charge is 2.40. The zero-order valence-electron chi connectivity index (χ0n) is 12.1. The Balaban J connectivity index is 2.09. The molecule has 2 aromatic rings. The van der Waals surface area contributed by atoms with Gasteiger partial charge in [-0.05, 0) is 29.2 Å². The highest BCUT2D eigenvalue weighted by molar-refractivity contribution is 7.10. The van der Waals surface area contributed by atoms with Crippen LogP contribution in [-0.2, 0) is 16.1 Å². The maximum absolute atomic E-state index is 12.1. The summed E-state index contributed by atoms with van der Waals surface area (Å²) < 4.78 is 5.02. The van der Waals surface area contributed by atoms with Gasteiger partial charge in [-0.25, -0.2) is 4.79 Å². The molecule has 0 saturated heterocycles. The van der Waals surface area contributed by atoms with Gasteiger partial charge in [-0.15, -0.1) is 11.3 Å². The molecule has 0 spiro atoms. The van der Waals surface area contributed by atoms with Gasteiger partial charge in [-0.3, -0.25) is 10.1 Å². The van der Waals surface area contributed by atoms with Crippen LogP contribution in [0.1, 0.15) is 10.4 Å². The molecular weight excluding hydrogens is 318 g/mol. The number of hydrogen-bond donors (Lipinski definition) is 1. The average molecular weight is 333 g/mol. The van der Waals surface area contributed by atoms with Crippen LogP contribution in [0.5, 0.6) is 0 Å². The third kappa shape index (κ3) is 5.01. The van der Waals surface area contributed by atoms with Crippen LogP contribution in [0.4, 0.5) is 0 Å². The SMILES string of the molecule is O=C(OCc1ccccc1)[C@](O)(/C=C/c1cccs1)C[N+](=O)[O-]. The molecule has 0 aliphatic rings. The molecular formula is C16H15NO5S. The van der Waals surface area contributed by atoms with E-state index in [2.05, 4.69) is 0 Å². The Hall–Kier alpha value is -2.51. The molecule has 23 heavy (non-hydrogen) atoms. The van der Waals surface area contributed by atoms with Crippen molar-refractivity contribution in [3.63, 3.8) is 0 Å². The zero-order chi connectivity index (χ0) is 16.7. The van der Waals surface area contributed by atoms with Crippen LogP contribution >= 0.6 is 11.3 Å². The van der Waals surface area contributed by atoms with Gasteiger partial charge < -0.3 is 9.84 Å². The maximum atomic E-state index is 12.1. The molecule has 1 aromatic heterocycles. The number of aliphatic hydroxyl groups is 1. The fourth-order valence-electron chi connectivity index (χ4n) is 1.84. The van der Waals surface area contributed by atoms with E-state index in [1.54, 1.807) is 36.4 Å². The quantitative estimate of drug-likeness (QED) is 0.478. The van der Waals surface area contributed by atoms with Gasteiger partial charge in [-0.2, -0.15) is 0 Å². The summed E-state index contributed by atoms with van der Waals surface area (Å²) in [5.74, 6) is -1.05. The predicted molar refractivity (Wildman–Crippen MR) is 86.4 cm³/mol. The molecule has 0 aliphatic heterocycles. The van der Waals surface area contributed by atoms with Crippen molar-refractivity contribution in [2.75, 3.05) is 6.54 Å². The predicted octanol–water partition coefficient (Wildman–Crippen LogP) is 2.51. The second kappa shape index (κ2) is 7.66. The van der Waals surface area contributed by atoms with E-state index in [9.17, 15) is 20.0 Å². The fourth-order valence-corrected chi connectivity index (χ4v) is 2.45. The molecule has 120 valence electrons. The first kappa shape index (κ1) is 16.9. The lowest BCUT2D eigenvalue weighted by atomic mass is 10.0. The molecule has 7 heteroatoms. The van der Waals surface area contributed by atoms with E-state index in [1.807, 2.05) is 11.4 Å². The summed E-state index contributed by atoms with van der Waals surface area (Å²) in [6.07, 6.45) is 2.58. The van der Waals surface area contributed by atoms with Crippen molar-refractivity contribution in [1.82, 2.24) is 0 Å². The number of carbonyl (C=O) groups excluding carboxylic acids is 1. The number of nitrogens with zero attached hydrogens (tertiary/aromatic N) is 1. The molecule has 0 fully saturated rings. The van der Waals surface area contributed by atoms with Crippen LogP contribution in [-0.4, -0.2) is 28.1 Å². The van der Waals surface area contributed by atoms with E-state index in [1.165, 1.54) is 17.4 Å². The molecule has 1 heterocycles. The molecule has 0 bridgehead atoms. The van der Waals surface area contributed by atoms with E-state index >= 15 is 0 Å². The first-order valence-corrected chi connectivity index (χ1v) is 7.66. The maximum Gasteiger partial charge on any atom is 0.349 e. The van der Waals surface area contributed by atoms with Crippen molar-refractivity contribution in [3.8, 4) is 0 Å². The Morgan fingerprint density at radius 2 is 2.04 bits per heavy atom. The standard InChI is InChI=1S/C16H15NO5S/c18-15(22-11-13-5-2-1-3-6-13)16(19,12-17(20)21)9-8-14-7-4-10-23-14/h1-10,19H,11-12H2/b9-8+/t16-/m0/s1. The van der Waals surface area contributed by atoms with E-state index < -0.39 is 23.0 Å². The highest BCUT2D eigenvalue weighted by atomic mass is 32.1. The average Bonchev–Trinajstić information content (AvgIpc) is 3.04. The van der Waals surface area contributed by atoms with Crippen molar-refractivity contribution in [2.45, 2.75) is 12.2 Å².